The second-order valence-corrected chi connectivity index (χ2v) is 3.74. The van der Waals surface area contributed by atoms with Gasteiger partial charge in [-0.1, -0.05) is 0 Å². The van der Waals surface area contributed by atoms with Crippen LogP contribution in [0.2, 0.25) is 0 Å². The standard InChI is InChI=1S/C7H5F3S2/c8-6(7(9)10)4-12-5-1-2-11-3-5/h1-3H,4H2. The third-order valence-electron chi connectivity index (χ3n) is 1.07. The molecule has 1 heterocycles. The Kier molecular flexibility index (Phi) is 3.68. The highest BCUT2D eigenvalue weighted by atomic mass is 32.2. The molecule has 1 aromatic rings. The minimum atomic E-state index is -2.22. The van der Waals surface area contributed by atoms with Crippen LogP contribution in [0.25, 0.3) is 0 Å². The SMILES string of the molecule is FC(F)=C(F)CSc1ccsc1. The Balaban J connectivity index is 2.42. The monoisotopic (exact) mass is 210 g/mol. The number of hydrogen-bond acceptors (Lipinski definition) is 2. The van der Waals surface area contributed by atoms with E-state index in [-0.39, 0.29) is 5.75 Å². The summed E-state index contributed by atoms with van der Waals surface area (Å²) < 4.78 is 35.3. The molecule has 0 aliphatic rings. The average molecular weight is 210 g/mol. The summed E-state index contributed by atoms with van der Waals surface area (Å²) in [5.41, 5.74) is 0. The second-order valence-electron chi connectivity index (χ2n) is 1.91. The molecule has 1 aromatic heterocycles. The average Bonchev–Trinajstić information content (AvgIpc) is 2.51. The van der Waals surface area contributed by atoms with Gasteiger partial charge in [-0.05, 0) is 11.4 Å². The van der Waals surface area contributed by atoms with Gasteiger partial charge in [0.25, 0.3) is 0 Å². The van der Waals surface area contributed by atoms with Crippen molar-refractivity contribution in [3.63, 3.8) is 0 Å². The molecule has 66 valence electrons. The zero-order valence-electron chi connectivity index (χ0n) is 5.89. The van der Waals surface area contributed by atoms with Crippen molar-refractivity contribution >= 4 is 23.1 Å². The van der Waals surface area contributed by atoms with Gasteiger partial charge in [-0.25, -0.2) is 4.39 Å². The maximum atomic E-state index is 12.2. The zero-order valence-corrected chi connectivity index (χ0v) is 7.52. The molecule has 0 aliphatic carbocycles. The summed E-state index contributed by atoms with van der Waals surface area (Å²) in [6, 6.07) is 1.76. The van der Waals surface area contributed by atoms with Gasteiger partial charge in [-0.2, -0.15) is 20.1 Å². The first-order chi connectivity index (χ1) is 5.70. The molecule has 0 saturated heterocycles. The Morgan fingerprint density at radius 2 is 2.17 bits per heavy atom. The van der Waals surface area contributed by atoms with Crippen LogP contribution in [0.5, 0.6) is 0 Å². The van der Waals surface area contributed by atoms with E-state index in [2.05, 4.69) is 0 Å². The molecular weight excluding hydrogens is 205 g/mol. The van der Waals surface area contributed by atoms with Crippen molar-refractivity contribution in [2.75, 3.05) is 5.75 Å². The summed E-state index contributed by atoms with van der Waals surface area (Å²) in [6.07, 6.45) is -2.22. The van der Waals surface area contributed by atoms with E-state index in [1.165, 1.54) is 11.3 Å². The predicted octanol–water partition coefficient (Wildman–Crippen LogP) is 3.92. The molecule has 5 heteroatoms. The third kappa shape index (κ3) is 2.91. The first-order valence-corrected chi connectivity index (χ1v) is 4.97. The quantitative estimate of drug-likeness (QED) is 0.681. The highest BCUT2D eigenvalue weighted by Crippen LogP contribution is 2.24. The molecule has 0 radical (unpaired) electrons. The summed E-state index contributed by atoms with van der Waals surface area (Å²) in [4.78, 5) is 0.816. The molecule has 0 fully saturated rings. The Morgan fingerprint density at radius 1 is 1.42 bits per heavy atom. The maximum Gasteiger partial charge on any atom is 0.302 e. The van der Waals surface area contributed by atoms with Crippen molar-refractivity contribution in [1.29, 1.82) is 0 Å². The maximum absolute atomic E-state index is 12.2. The molecule has 0 N–H and O–H groups in total. The fourth-order valence-corrected chi connectivity index (χ4v) is 2.14. The van der Waals surface area contributed by atoms with Gasteiger partial charge in [0.2, 0.25) is 0 Å². The van der Waals surface area contributed by atoms with E-state index >= 15 is 0 Å². The molecule has 0 bridgehead atoms. The van der Waals surface area contributed by atoms with Crippen LogP contribution in [0.15, 0.2) is 33.6 Å². The fraction of sp³-hybridized carbons (Fsp3) is 0.143. The molecule has 0 atom stereocenters. The number of thioether (sulfide) groups is 1. The summed E-state index contributed by atoms with van der Waals surface area (Å²) in [5, 5.41) is 3.60. The van der Waals surface area contributed by atoms with Gasteiger partial charge in [-0.3, -0.25) is 0 Å². The molecule has 0 saturated carbocycles. The van der Waals surface area contributed by atoms with Crippen molar-refractivity contribution in [2.45, 2.75) is 4.90 Å². The van der Waals surface area contributed by atoms with Gasteiger partial charge in [0, 0.05) is 10.3 Å². The number of hydrogen-bond donors (Lipinski definition) is 0. The molecule has 0 amide bonds. The largest absolute Gasteiger partial charge is 0.302 e. The van der Waals surface area contributed by atoms with Crippen LogP contribution < -0.4 is 0 Å². The lowest BCUT2D eigenvalue weighted by atomic mass is 10.7. The molecular formula is C7H5F3S2. The van der Waals surface area contributed by atoms with E-state index in [9.17, 15) is 13.2 Å². The molecule has 0 unspecified atom stereocenters. The van der Waals surface area contributed by atoms with Gasteiger partial charge >= 0.3 is 6.08 Å². The number of halogens is 3. The Labute approximate surface area is 76.1 Å². The van der Waals surface area contributed by atoms with E-state index in [1.807, 2.05) is 5.38 Å². The molecule has 1 rings (SSSR count). The van der Waals surface area contributed by atoms with Crippen LogP contribution in [-0.4, -0.2) is 5.75 Å². The molecule has 0 spiro atoms. The smallest absolute Gasteiger partial charge is 0.205 e. The lowest BCUT2D eigenvalue weighted by Crippen LogP contribution is -1.80. The van der Waals surface area contributed by atoms with E-state index in [0.717, 1.165) is 16.7 Å². The van der Waals surface area contributed by atoms with Gasteiger partial charge in [0.15, 0.2) is 5.83 Å². The van der Waals surface area contributed by atoms with E-state index in [1.54, 1.807) is 11.4 Å². The molecule has 12 heavy (non-hydrogen) atoms. The topological polar surface area (TPSA) is 0 Å². The predicted molar refractivity (Wildman–Crippen MR) is 45.4 cm³/mol. The van der Waals surface area contributed by atoms with Crippen LogP contribution in [0.3, 0.4) is 0 Å². The normalized spacial score (nSPS) is 9.92. The molecule has 0 aliphatic heterocycles. The lowest BCUT2D eigenvalue weighted by molar-refractivity contribution is 0.381. The minimum Gasteiger partial charge on any atom is -0.205 e. The van der Waals surface area contributed by atoms with Crippen LogP contribution in [0, 0.1) is 0 Å². The van der Waals surface area contributed by atoms with Crippen LogP contribution in [-0.2, 0) is 0 Å². The van der Waals surface area contributed by atoms with E-state index in [4.69, 9.17) is 0 Å². The first kappa shape index (κ1) is 9.67. The molecule has 0 aromatic carbocycles. The lowest BCUT2D eigenvalue weighted by Gasteiger charge is -1.93. The summed E-state index contributed by atoms with van der Waals surface area (Å²) in [5.74, 6) is -1.63. The number of rotatable bonds is 3. The summed E-state index contributed by atoms with van der Waals surface area (Å²) in [6.45, 7) is 0. The Morgan fingerprint density at radius 3 is 2.67 bits per heavy atom. The van der Waals surface area contributed by atoms with Crippen molar-refractivity contribution < 1.29 is 13.2 Å². The summed E-state index contributed by atoms with van der Waals surface area (Å²) >= 11 is 2.51. The Bertz CT molecular complexity index is 262. The van der Waals surface area contributed by atoms with Crippen molar-refractivity contribution in [1.82, 2.24) is 0 Å². The molecule has 0 nitrogen and oxygen atoms in total. The van der Waals surface area contributed by atoms with Crippen LogP contribution in [0.4, 0.5) is 13.2 Å². The third-order valence-corrected chi connectivity index (χ3v) is 2.88. The van der Waals surface area contributed by atoms with Crippen LogP contribution >= 0.6 is 23.1 Å². The van der Waals surface area contributed by atoms with E-state index < -0.39 is 11.9 Å². The second kappa shape index (κ2) is 4.57. The number of thiophene rings is 1. The highest BCUT2D eigenvalue weighted by Gasteiger charge is 2.05. The highest BCUT2D eigenvalue weighted by molar-refractivity contribution is 7.99. The summed E-state index contributed by atoms with van der Waals surface area (Å²) in [7, 11) is 0. The van der Waals surface area contributed by atoms with Gasteiger partial charge in [-0.15, -0.1) is 11.8 Å². The van der Waals surface area contributed by atoms with E-state index in [0.29, 0.717) is 0 Å². The van der Waals surface area contributed by atoms with Gasteiger partial charge < -0.3 is 0 Å². The van der Waals surface area contributed by atoms with Crippen molar-refractivity contribution in [2.24, 2.45) is 0 Å². The van der Waals surface area contributed by atoms with Crippen molar-refractivity contribution in [3.8, 4) is 0 Å². The van der Waals surface area contributed by atoms with Gasteiger partial charge in [0.1, 0.15) is 0 Å². The van der Waals surface area contributed by atoms with Crippen molar-refractivity contribution in [3.05, 3.63) is 28.7 Å². The van der Waals surface area contributed by atoms with Gasteiger partial charge in [0.05, 0.1) is 5.75 Å². The Hall–Kier alpha value is -0.420. The van der Waals surface area contributed by atoms with Crippen LogP contribution in [0.1, 0.15) is 0 Å². The first-order valence-electron chi connectivity index (χ1n) is 3.05. The zero-order chi connectivity index (χ0) is 8.97. The fourth-order valence-electron chi connectivity index (χ4n) is 0.535. The minimum absolute atomic E-state index is 0.293.